The van der Waals surface area contributed by atoms with Gasteiger partial charge < -0.3 is 21.8 Å². The number of piperidine rings is 1. The minimum Gasteiger partial charge on any atom is -0.870 e. The van der Waals surface area contributed by atoms with Gasteiger partial charge in [-0.15, -0.1) is 0 Å². The second-order valence-corrected chi connectivity index (χ2v) is 6.79. The Morgan fingerprint density at radius 2 is 2.13 bits per heavy atom. The molecule has 132 valence electrons. The first-order valence-corrected chi connectivity index (χ1v) is 8.44. The topological polar surface area (TPSA) is 166 Å². The molecule has 1 aromatic heterocycles. The fraction of sp³-hybridized carbons (Fsp3) is 0.667. The molecular formula is C12H23N5O5S. The number of hydrogen-bond acceptors (Lipinski definition) is 8. The molecule has 2 rings (SSSR count). The van der Waals surface area contributed by atoms with Crippen molar-refractivity contribution < 1.29 is 27.5 Å². The Kier molecular flexibility index (Phi) is 5.97. The van der Waals surface area contributed by atoms with Crippen molar-refractivity contribution in [1.29, 1.82) is 0 Å². The first-order valence-electron chi connectivity index (χ1n) is 7.07. The summed E-state index contributed by atoms with van der Waals surface area (Å²) in [7, 11) is -4.73. The first kappa shape index (κ1) is 19.2. The van der Waals surface area contributed by atoms with Crippen LogP contribution in [0.3, 0.4) is 0 Å². The molecule has 1 fully saturated rings. The van der Waals surface area contributed by atoms with Gasteiger partial charge in [0.1, 0.15) is 0 Å². The third kappa shape index (κ3) is 4.81. The molecule has 1 aromatic rings. The SMILES string of the molecule is CC(C)C1CCCN(c2cc(N)[n+](OS(=O)(=O)O)c(N)n2)C1.[OH-]. The van der Waals surface area contributed by atoms with Gasteiger partial charge in [0.05, 0.1) is 6.07 Å². The normalized spacial score (nSPS) is 18.6. The van der Waals surface area contributed by atoms with Crippen molar-refractivity contribution in [1.82, 2.24) is 4.98 Å². The van der Waals surface area contributed by atoms with Crippen molar-refractivity contribution in [2.24, 2.45) is 11.8 Å². The highest BCUT2D eigenvalue weighted by atomic mass is 32.3. The van der Waals surface area contributed by atoms with E-state index < -0.39 is 10.4 Å². The molecule has 1 unspecified atom stereocenters. The van der Waals surface area contributed by atoms with E-state index >= 15 is 0 Å². The molecule has 0 bridgehead atoms. The molecule has 1 aliphatic rings. The highest BCUT2D eigenvalue weighted by Gasteiger charge is 2.27. The van der Waals surface area contributed by atoms with Crippen LogP contribution in [-0.4, -0.2) is 36.5 Å². The van der Waals surface area contributed by atoms with Crippen molar-refractivity contribution in [3.63, 3.8) is 0 Å². The molecule has 1 aliphatic heterocycles. The van der Waals surface area contributed by atoms with E-state index in [1.807, 2.05) is 0 Å². The van der Waals surface area contributed by atoms with Crippen molar-refractivity contribution in [3.05, 3.63) is 6.07 Å². The Bertz CT molecular complexity index is 628. The summed E-state index contributed by atoms with van der Waals surface area (Å²) in [6.07, 6.45) is 2.21. The minimum absolute atomic E-state index is 0. The van der Waals surface area contributed by atoms with Gasteiger partial charge in [0.15, 0.2) is 5.82 Å². The summed E-state index contributed by atoms with van der Waals surface area (Å²) in [6, 6.07) is 1.48. The molecule has 0 amide bonds. The van der Waals surface area contributed by atoms with Gasteiger partial charge in [0.25, 0.3) is 0 Å². The third-order valence-corrected chi connectivity index (χ3v) is 4.18. The number of anilines is 3. The summed E-state index contributed by atoms with van der Waals surface area (Å²) in [5.41, 5.74) is 11.4. The number of nitrogens with zero attached hydrogens (tertiary/aromatic N) is 3. The molecule has 23 heavy (non-hydrogen) atoms. The van der Waals surface area contributed by atoms with Crippen molar-refractivity contribution >= 4 is 28.0 Å². The van der Waals surface area contributed by atoms with Gasteiger partial charge in [0.2, 0.25) is 5.82 Å². The van der Waals surface area contributed by atoms with E-state index in [2.05, 4.69) is 28.0 Å². The van der Waals surface area contributed by atoms with Crippen molar-refractivity contribution in [3.8, 4) is 0 Å². The second kappa shape index (κ2) is 7.15. The molecule has 0 aromatic carbocycles. The fourth-order valence-corrected chi connectivity index (χ4v) is 2.97. The lowest BCUT2D eigenvalue weighted by Crippen LogP contribution is -2.51. The summed E-state index contributed by atoms with van der Waals surface area (Å²) >= 11 is 0. The van der Waals surface area contributed by atoms with Crippen LogP contribution in [0.4, 0.5) is 17.6 Å². The zero-order valence-corrected chi connectivity index (χ0v) is 13.9. The van der Waals surface area contributed by atoms with Crippen LogP contribution in [0, 0.1) is 11.8 Å². The lowest BCUT2D eigenvalue weighted by atomic mass is 9.88. The molecule has 0 saturated carbocycles. The molecule has 10 nitrogen and oxygen atoms in total. The van der Waals surface area contributed by atoms with Gasteiger partial charge in [0, 0.05) is 13.1 Å². The predicted molar refractivity (Wildman–Crippen MR) is 83.1 cm³/mol. The van der Waals surface area contributed by atoms with Crippen LogP contribution in [0.5, 0.6) is 0 Å². The monoisotopic (exact) mass is 349 g/mol. The third-order valence-electron chi connectivity index (χ3n) is 3.84. The maximum atomic E-state index is 10.8. The Hall–Kier alpha value is -1.85. The Balaban J connectivity index is 0.00000264. The highest BCUT2D eigenvalue weighted by molar-refractivity contribution is 7.80. The standard InChI is InChI=1S/C12H21N5O4S.H2O/c1-8(2)9-4-3-5-16(7-9)11-6-10(13)17(12(14)15-11)21-22(18,19)20;/h6,8-9H,3-5,7H2,1-2H3,(H4,13,14,15,18,19,20);1H2. The summed E-state index contributed by atoms with van der Waals surface area (Å²) in [4.78, 5) is 6.19. The van der Waals surface area contributed by atoms with Crippen molar-refractivity contribution in [2.75, 3.05) is 29.5 Å². The molecule has 11 heteroatoms. The maximum absolute atomic E-state index is 10.8. The number of aromatic nitrogens is 2. The molecule has 0 radical (unpaired) electrons. The van der Waals surface area contributed by atoms with E-state index in [-0.39, 0.29) is 17.2 Å². The lowest BCUT2D eigenvalue weighted by Gasteiger charge is -2.34. The van der Waals surface area contributed by atoms with Gasteiger partial charge in [-0.05, 0) is 29.4 Å². The average molecular weight is 349 g/mol. The summed E-state index contributed by atoms with van der Waals surface area (Å²) in [5, 5.41) is 0. The van der Waals surface area contributed by atoms with Gasteiger partial charge >= 0.3 is 16.3 Å². The van der Waals surface area contributed by atoms with Gasteiger partial charge in [-0.3, -0.25) is 4.55 Å². The van der Waals surface area contributed by atoms with E-state index in [0.717, 1.165) is 25.9 Å². The maximum Gasteiger partial charge on any atom is 0.474 e. The largest absolute Gasteiger partial charge is 0.870 e. The number of nitrogen functional groups attached to an aromatic ring is 2. The van der Waals surface area contributed by atoms with E-state index in [9.17, 15) is 8.42 Å². The van der Waals surface area contributed by atoms with E-state index in [0.29, 0.717) is 22.4 Å². The molecular weight excluding hydrogens is 326 g/mol. The quantitative estimate of drug-likeness (QED) is 0.478. The van der Waals surface area contributed by atoms with Gasteiger partial charge in [-0.2, -0.15) is 8.42 Å². The molecule has 6 N–H and O–H groups in total. The Morgan fingerprint density at radius 1 is 1.48 bits per heavy atom. The molecule has 1 atom stereocenters. The molecule has 0 aliphatic carbocycles. The van der Waals surface area contributed by atoms with Crippen LogP contribution in [0.25, 0.3) is 0 Å². The van der Waals surface area contributed by atoms with Crippen LogP contribution in [0.2, 0.25) is 0 Å². The number of nitrogens with two attached hydrogens (primary N) is 2. The fourth-order valence-electron chi connectivity index (χ4n) is 2.62. The Morgan fingerprint density at radius 3 is 2.65 bits per heavy atom. The summed E-state index contributed by atoms with van der Waals surface area (Å²) in [5.74, 6) is 1.37. The van der Waals surface area contributed by atoms with Gasteiger partial charge in [-0.25, -0.2) is 4.28 Å². The number of hydrogen-bond donors (Lipinski definition) is 3. The minimum atomic E-state index is -4.73. The zero-order chi connectivity index (χ0) is 16.5. The average Bonchev–Trinajstić information content (AvgIpc) is 2.41. The van der Waals surface area contributed by atoms with E-state index in [1.54, 1.807) is 0 Å². The zero-order valence-electron chi connectivity index (χ0n) is 13.1. The van der Waals surface area contributed by atoms with Gasteiger partial charge in [-0.1, -0.05) is 18.8 Å². The smallest absolute Gasteiger partial charge is 0.474 e. The van der Waals surface area contributed by atoms with Crippen LogP contribution in [0.1, 0.15) is 26.7 Å². The number of rotatable bonds is 4. The summed E-state index contributed by atoms with van der Waals surface area (Å²) < 4.78 is 35.1. The second-order valence-electron chi connectivity index (χ2n) is 5.79. The van der Waals surface area contributed by atoms with Crippen LogP contribution < -0.4 is 25.4 Å². The summed E-state index contributed by atoms with van der Waals surface area (Å²) in [6.45, 7) is 6.04. The van der Waals surface area contributed by atoms with Crippen LogP contribution in [-0.2, 0) is 10.4 Å². The van der Waals surface area contributed by atoms with Crippen LogP contribution >= 0.6 is 0 Å². The Labute approximate surface area is 135 Å². The van der Waals surface area contributed by atoms with Crippen molar-refractivity contribution in [2.45, 2.75) is 26.7 Å². The highest BCUT2D eigenvalue weighted by Crippen LogP contribution is 2.27. The first-order chi connectivity index (χ1) is 10.2. The molecule has 0 spiro atoms. The lowest BCUT2D eigenvalue weighted by molar-refractivity contribution is -0.835. The van der Waals surface area contributed by atoms with E-state index in [4.69, 9.17) is 16.0 Å². The molecule has 1 saturated heterocycles. The molecule has 2 heterocycles. The van der Waals surface area contributed by atoms with Crippen LogP contribution in [0.15, 0.2) is 6.07 Å². The van der Waals surface area contributed by atoms with E-state index in [1.165, 1.54) is 6.07 Å². The predicted octanol–water partition coefficient (Wildman–Crippen LogP) is -0.539.